The average molecular weight is 361 g/mol. The summed E-state index contributed by atoms with van der Waals surface area (Å²) < 4.78 is 5.46. The Kier molecular flexibility index (Phi) is 7.92. The molecule has 0 spiro atoms. The van der Waals surface area contributed by atoms with Gasteiger partial charge in [0, 0.05) is 12.0 Å². The monoisotopic (exact) mass is 360 g/mol. The Labute approximate surface area is 161 Å². The van der Waals surface area contributed by atoms with Crippen LogP contribution in [0.3, 0.4) is 0 Å². The van der Waals surface area contributed by atoms with Crippen molar-refractivity contribution in [2.45, 2.75) is 94.1 Å². The molecule has 1 atom stereocenters. The van der Waals surface area contributed by atoms with E-state index in [2.05, 4.69) is 66.7 Å². The summed E-state index contributed by atoms with van der Waals surface area (Å²) in [6.45, 7) is 19.6. The minimum atomic E-state index is -0.154. The highest BCUT2D eigenvalue weighted by Gasteiger charge is 2.27. The molecule has 0 aromatic heterocycles. The first-order valence-corrected chi connectivity index (χ1v) is 10.1. The molecule has 0 aromatic rings. The Bertz CT molecular complexity index is 580. The number of carbonyl (C=O) groups excluding carboxylic acids is 1. The van der Waals surface area contributed by atoms with Gasteiger partial charge >= 0.3 is 5.97 Å². The Morgan fingerprint density at radius 3 is 2.42 bits per heavy atom. The van der Waals surface area contributed by atoms with Crippen molar-refractivity contribution >= 4 is 5.97 Å². The number of ether oxygens (including phenoxy) is 1. The van der Waals surface area contributed by atoms with Crippen molar-refractivity contribution < 1.29 is 9.53 Å². The molecule has 2 heteroatoms. The summed E-state index contributed by atoms with van der Waals surface area (Å²) in [7, 11) is 0. The van der Waals surface area contributed by atoms with Gasteiger partial charge in [-0.25, -0.2) is 4.79 Å². The molecule has 0 aromatic carbocycles. The van der Waals surface area contributed by atoms with E-state index in [1.807, 2.05) is 13.8 Å². The Morgan fingerprint density at radius 2 is 1.88 bits per heavy atom. The number of esters is 1. The molecule has 148 valence electrons. The summed E-state index contributed by atoms with van der Waals surface area (Å²) >= 11 is 0. The van der Waals surface area contributed by atoms with Crippen molar-refractivity contribution in [3.8, 4) is 0 Å². The molecule has 1 rings (SSSR count). The minimum Gasteiger partial charge on any atom is -0.460 e. The number of rotatable bonds is 6. The van der Waals surface area contributed by atoms with Crippen LogP contribution in [0.25, 0.3) is 0 Å². The molecule has 0 radical (unpaired) electrons. The van der Waals surface area contributed by atoms with E-state index in [0.29, 0.717) is 12.3 Å². The fourth-order valence-electron chi connectivity index (χ4n) is 3.14. The van der Waals surface area contributed by atoms with Crippen LogP contribution in [-0.4, -0.2) is 12.1 Å². The van der Waals surface area contributed by atoms with Crippen LogP contribution in [0.4, 0.5) is 0 Å². The van der Waals surface area contributed by atoms with E-state index in [1.165, 1.54) is 11.1 Å². The zero-order valence-electron chi connectivity index (χ0n) is 18.5. The Morgan fingerprint density at radius 1 is 1.27 bits per heavy atom. The summed E-state index contributed by atoms with van der Waals surface area (Å²) in [4.78, 5) is 12.5. The van der Waals surface area contributed by atoms with Crippen LogP contribution in [0.5, 0.6) is 0 Å². The van der Waals surface area contributed by atoms with E-state index >= 15 is 0 Å². The molecule has 0 fully saturated rings. The first kappa shape index (κ1) is 22.7. The van der Waals surface area contributed by atoms with Gasteiger partial charge in [-0.3, -0.25) is 0 Å². The molecule has 0 saturated carbocycles. The lowest BCUT2D eigenvalue weighted by Crippen LogP contribution is -2.19. The topological polar surface area (TPSA) is 26.3 Å². The standard InChI is InChI=1S/C24H40O2/c1-17(2)26-22(25)20-15-18(3)12-13-21(16-20)24(8,9)14-10-11-19(4)23(5,6)7/h11,13,15,17-18H,10,12,14,16H2,1-9H3/b19-11+. The van der Waals surface area contributed by atoms with Gasteiger partial charge in [-0.15, -0.1) is 0 Å². The van der Waals surface area contributed by atoms with Gasteiger partial charge in [0.15, 0.2) is 0 Å². The predicted molar refractivity (Wildman–Crippen MR) is 112 cm³/mol. The molecule has 0 heterocycles. The van der Waals surface area contributed by atoms with Crippen molar-refractivity contribution in [1.29, 1.82) is 0 Å². The van der Waals surface area contributed by atoms with Gasteiger partial charge in [-0.1, -0.05) is 70.9 Å². The molecule has 0 amide bonds. The zero-order valence-corrected chi connectivity index (χ0v) is 18.5. The third-order valence-electron chi connectivity index (χ3n) is 5.48. The summed E-state index contributed by atoms with van der Waals surface area (Å²) in [6.07, 6.45) is 10.6. The molecule has 0 aliphatic heterocycles. The highest BCUT2D eigenvalue weighted by molar-refractivity contribution is 5.89. The SMILES string of the molecule is C/C(=C\CCC(C)(C)C1=CCC(C)C=C(C(=O)OC(C)C)C1)C(C)(C)C. The molecule has 0 bridgehead atoms. The lowest BCUT2D eigenvalue weighted by atomic mass is 9.76. The van der Waals surface area contributed by atoms with Crippen molar-refractivity contribution in [3.05, 3.63) is 34.9 Å². The van der Waals surface area contributed by atoms with Crippen LogP contribution >= 0.6 is 0 Å². The second-order valence-corrected chi connectivity index (χ2v) is 9.82. The molecule has 2 nitrogen and oxygen atoms in total. The summed E-state index contributed by atoms with van der Waals surface area (Å²) in [6, 6.07) is 0. The summed E-state index contributed by atoms with van der Waals surface area (Å²) in [5, 5.41) is 0. The molecule has 0 saturated heterocycles. The van der Waals surface area contributed by atoms with Crippen LogP contribution in [0.2, 0.25) is 0 Å². The van der Waals surface area contributed by atoms with Gasteiger partial charge < -0.3 is 4.74 Å². The quantitative estimate of drug-likeness (QED) is 0.376. The summed E-state index contributed by atoms with van der Waals surface area (Å²) in [5.41, 5.74) is 3.95. The number of hydrogen-bond donors (Lipinski definition) is 0. The van der Waals surface area contributed by atoms with Crippen LogP contribution in [0.1, 0.15) is 88.0 Å². The van der Waals surface area contributed by atoms with Crippen LogP contribution in [0.15, 0.2) is 34.9 Å². The molecule has 1 aliphatic carbocycles. The van der Waals surface area contributed by atoms with E-state index in [1.54, 1.807) is 0 Å². The number of allylic oxidation sites excluding steroid dienone is 5. The van der Waals surface area contributed by atoms with Gasteiger partial charge in [-0.2, -0.15) is 0 Å². The van der Waals surface area contributed by atoms with Gasteiger partial charge in [0.1, 0.15) is 0 Å². The first-order chi connectivity index (χ1) is 11.8. The molecular weight excluding hydrogens is 320 g/mol. The Balaban J connectivity index is 2.88. The Hall–Kier alpha value is -1.31. The van der Waals surface area contributed by atoms with Crippen molar-refractivity contribution in [1.82, 2.24) is 0 Å². The predicted octanol–water partition coefficient (Wildman–Crippen LogP) is 7.02. The van der Waals surface area contributed by atoms with Gasteiger partial charge in [0.25, 0.3) is 0 Å². The lowest BCUT2D eigenvalue weighted by Gasteiger charge is -2.29. The molecule has 1 aliphatic rings. The molecule has 26 heavy (non-hydrogen) atoms. The van der Waals surface area contributed by atoms with E-state index in [9.17, 15) is 4.79 Å². The highest BCUT2D eigenvalue weighted by atomic mass is 16.5. The fraction of sp³-hybridized carbons (Fsp3) is 0.708. The third kappa shape index (κ3) is 7.13. The fourth-order valence-corrected chi connectivity index (χ4v) is 3.14. The van der Waals surface area contributed by atoms with Crippen molar-refractivity contribution in [2.24, 2.45) is 16.7 Å². The normalized spacial score (nSPS) is 19.8. The lowest BCUT2D eigenvalue weighted by molar-refractivity contribution is -0.142. The van der Waals surface area contributed by atoms with E-state index < -0.39 is 0 Å². The highest BCUT2D eigenvalue weighted by Crippen LogP contribution is 2.39. The maximum Gasteiger partial charge on any atom is 0.334 e. The van der Waals surface area contributed by atoms with Crippen molar-refractivity contribution in [2.75, 3.05) is 0 Å². The molecular formula is C24H40O2. The average Bonchev–Trinajstić information content (AvgIpc) is 2.67. The second-order valence-electron chi connectivity index (χ2n) is 9.82. The molecule has 1 unspecified atom stereocenters. The smallest absolute Gasteiger partial charge is 0.334 e. The van der Waals surface area contributed by atoms with Crippen molar-refractivity contribution in [3.63, 3.8) is 0 Å². The maximum atomic E-state index is 12.5. The van der Waals surface area contributed by atoms with Gasteiger partial charge in [0.2, 0.25) is 0 Å². The number of carbonyl (C=O) groups is 1. The van der Waals surface area contributed by atoms with Gasteiger partial charge in [-0.05, 0) is 56.8 Å². The maximum absolute atomic E-state index is 12.5. The number of hydrogen-bond acceptors (Lipinski definition) is 2. The van der Waals surface area contributed by atoms with E-state index in [0.717, 1.165) is 24.8 Å². The van der Waals surface area contributed by atoms with Gasteiger partial charge in [0.05, 0.1) is 6.10 Å². The van der Waals surface area contributed by atoms with Crippen LogP contribution < -0.4 is 0 Å². The first-order valence-electron chi connectivity index (χ1n) is 10.1. The van der Waals surface area contributed by atoms with Crippen LogP contribution in [0, 0.1) is 16.7 Å². The second kappa shape index (κ2) is 9.06. The summed E-state index contributed by atoms with van der Waals surface area (Å²) in [5.74, 6) is 0.222. The van der Waals surface area contributed by atoms with E-state index in [-0.39, 0.29) is 22.9 Å². The van der Waals surface area contributed by atoms with Crippen LogP contribution in [-0.2, 0) is 9.53 Å². The third-order valence-corrected chi connectivity index (χ3v) is 5.48. The van der Waals surface area contributed by atoms with E-state index in [4.69, 9.17) is 4.74 Å². The zero-order chi connectivity index (χ0) is 20.1. The molecule has 0 N–H and O–H groups in total. The minimum absolute atomic E-state index is 0.0760. The largest absolute Gasteiger partial charge is 0.460 e.